The second kappa shape index (κ2) is 18.0. The van der Waals surface area contributed by atoms with Crippen LogP contribution in [-0.2, 0) is 33.5 Å². The van der Waals surface area contributed by atoms with Crippen LogP contribution < -0.4 is 21.3 Å². The molecule has 1 saturated heterocycles. The summed E-state index contributed by atoms with van der Waals surface area (Å²) in [6.07, 6.45) is 4.42. The van der Waals surface area contributed by atoms with Crippen molar-refractivity contribution in [1.29, 1.82) is 0 Å². The zero-order valence-corrected chi connectivity index (χ0v) is 32.2. The van der Waals surface area contributed by atoms with Crippen molar-refractivity contribution in [3.05, 3.63) is 35.9 Å². The van der Waals surface area contributed by atoms with Crippen molar-refractivity contribution in [3.8, 4) is 0 Å². The molecule has 0 aromatic heterocycles. The van der Waals surface area contributed by atoms with E-state index in [-0.39, 0.29) is 53.9 Å². The molecule has 6 atom stereocenters. The van der Waals surface area contributed by atoms with E-state index in [1.165, 1.54) is 4.90 Å². The first-order chi connectivity index (χ1) is 25.1. The number of piperidine rings is 1. The molecule has 0 bridgehead atoms. The Morgan fingerprint density at radius 2 is 1.60 bits per heavy atom. The Labute approximate surface area is 312 Å². The summed E-state index contributed by atoms with van der Waals surface area (Å²) in [4.78, 5) is 96.5. The molecule has 14 heteroatoms. The van der Waals surface area contributed by atoms with Gasteiger partial charge < -0.3 is 35.8 Å². The number of amides is 6. The molecule has 1 aliphatic heterocycles. The lowest BCUT2D eigenvalue weighted by Crippen LogP contribution is -2.59. The summed E-state index contributed by atoms with van der Waals surface area (Å²) in [7, 11) is 3.13. The normalized spacial score (nSPS) is 22.0. The van der Waals surface area contributed by atoms with Crippen LogP contribution in [0.2, 0.25) is 0 Å². The predicted octanol–water partition coefficient (Wildman–Crippen LogP) is 2.72. The van der Waals surface area contributed by atoms with Crippen molar-refractivity contribution in [1.82, 2.24) is 31.1 Å². The Kier molecular flexibility index (Phi) is 14.0. The van der Waals surface area contributed by atoms with E-state index in [9.17, 15) is 33.6 Å². The first kappa shape index (κ1) is 41.3. The van der Waals surface area contributed by atoms with Gasteiger partial charge in [-0.15, -0.1) is 0 Å². The number of carbonyl (C=O) groups is 7. The number of nitrogens with zero attached hydrogens (tertiary/aromatic N) is 2. The summed E-state index contributed by atoms with van der Waals surface area (Å²) < 4.78 is 5.38. The third-order valence-electron chi connectivity index (χ3n) is 10.9. The summed E-state index contributed by atoms with van der Waals surface area (Å²) in [5.74, 6) is -3.99. The molecule has 2 unspecified atom stereocenters. The molecule has 2 aliphatic carbocycles. The van der Waals surface area contributed by atoms with Crippen LogP contribution in [0.4, 0.5) is 4.79 Å². The van der Waals surface area contributed by atoms with Gasteiger partial charge in [0.1, 0.15) is 18.1 Å². The number of Topliss-reactive ketones (excluding diaryl/α,β-unsaturated/α-hetero) is 1. The molecule has 1 heterocycles. The molecule has 1 aromatic carbocycles. The molecule has 2 saturated carbocycles. The van der Waals surface area contributed by atoms with E-state index in [1.54, 1.807) is 49.3 Å². The second-order valence-electron chi connectivity index (χ2n) is 15.9. The second-order valence-corrected chi connectivity index (χ2v) is 15.9. The standard InChI is InChI=1S/C39H58N6O8/c1-8-15-27(33(47)35(49)40-20-28(46)42-30(36(50)44(6)7)24-16-11-9-12-17-24)41-34(48)32-29-26(39(29,4)5)21-45(32)37(51)31(25-18-13-10-14-19-25)43-38(52)53-22-23(2)3/h9,11-12,16-17,23,25-27,29-32H,8,10,13-15,18-22H2,1-7H3,(H,40,49)(H,41,48)(H,42,46)(H,43,52)/t26?,27?,29-,30-,31-,32-/m0/s1. The maximum Gasteiger partial charge on any atom is 0.407 e. The minimum atomic E-state index is -1.20. The zero-order chi connectivity index (χ0) is 39.0. The quantitative estimate of drug-likeness (QED) is 0.187. The molecule has 1 aromatic rings. The number of benzene rings is 1. The lowest BCUT2D eigenvalue weighted by Gasteiger charge is -2.37. The largest absolute Gasteiger partial charge is 0.449 e. The number of nitrogens with one attached hydrogen (secondary N) is 4. The van der Waals surface area contributed by atoms with Gasteiger partial charge in [-0.3, -0.25) is 28.8 Å². The molecular weight excluding hydrogens is 680 g/mol. The maximum absolute atomic E-state index is 14.3. The van der Waals surface area contributed by atoms with Crippen molar-refractivity contribution in [2.45, 2.75) is 104 Å². The minimum Gasteiger partial charge on any atom is -0.449 e. The van der Waals surface area contributed by atoms with Crippen LogP contribution in [0.15, 0.2) is 30.3 Å². The summed E-state index contributed by atoms with van der Waals surface area (Å²) in [5, 5.41) is 10.6. The van der Waals surface area contributed by atoms with Crippen LogP contribution in [0, 0.1) is 29.1 Å². The van der Waals surface area contributed by atoms with E-state index < -0.39 is 60.3 Å². The van der Waals surface area contributed by atoms with E-state index in [1.807, 2.05) is 34.6 Å². The number of ketones is 1. The molecule has 6 amide bonds. The Bertz CT molecular complexity index is 1510. The monoisotopic (exact) mass is 738 g/mol. The summed E-state index contributed by atoms with van der Waals surface area (Å²) in [5.41, 5.74) is 0.337. The molecule has 14 nitrogen and oxygen atoms in total. The average Bonchev–Trinajstić information content (AvgIpc) is 3.43. The van der Waals surface area contributed by atoms with Gasteiger partial charge in [-0.1, -0.05) is 90.6 Å². The number of carbonyl (C=O) groups excluding carboxylic acids is 7. The molecule has 3 aliphatic rings. The van der Waals surface area contributed by atoms with Crippen LogP contribution >= 0.6 is 0 Å². The first-order valence-electron chi connectivity index (χ1n) is 19.0. The highest BCUT2D eigenvalue weighted by Crippen LogP contribution is 2.65. The number of ether oxygens (including phenoxy) is 1. The van der Waals surface area contributed by atoms with Gasteiger partial charge in [0.05, 0.1) is 19.2 Å². The third-order valence-corrected chi connectivity index (χ3v) is 10.9. The number of likely N-dealkylation sites (N-methyl/N-ethyl adjacent to an activating group) is 1. The molecule has 3 fully saturated rings. The number of alkyl carbamates (subject to hydrolysis) is 1. The van der Waals surface area contributed by atoms with Gasteiger partial charge in [-0.05, 0) is 53.9 Å². The SMILES string of the molecule is CCCC(NC(=O)[C@@H]1[C@@H]2C(CN1C(=O)[C@@H](NC(=O)OCC(C)C)C1CCCCC1)C2(C)C)C(=O)C(=O)NCC(=O)N[C@H](C(=O)N(C)C)c1ccccc1. The van der Waals surface area contributed by atoms with Crippen LogP contribution in [0.3, 0.4) is 0 Å². The maximum atomic E-state index is 14.3. The highest BCUT2D eigenvalue weighted by molar-refractivity contribution is 6.38. The van der Waals surface area contributed by atoms with Gasteiger partial charge in [0.25, 0.3) is 5.91 Å². The van der Waals surface area contributed by atoms with Gasteiger partial charge in [-0.25, -0.2) is 4.79 Å². The molecule has 53 heavy (non-hydrogen) atoms. The molecule has 0 radical (unpaired) electrons. The van der Waals surface area contributed by atoms with Gasteiger partial charge in [-0.2, -0.15) is 0 Å². The fourth-order valence-electron chi connectivity index (χ4n) is 7.88. The summed E-state index contributed by atoms with van der Waals surface area (Å²) >= 11 is 0. The Hall–Kier alpha value is -4.49. The zero-order valence-electron chi connectivity index (χ0n) is 32.2. The third kappa shape index (κ3) is 10.1. The molecular formula is C39H58N6O8. The number of rotatable bonds is 16. The first-order valence-corrected chi connectivity index (χ1v) is 19.0. The molecule has 292 valence electrons. The minimum absolute atomic E-state index is 0.0586. The topological polar surface area (TPSA) is 183 Å². The lowest BCUT2D eigenvalue weighted by atomic mass is 9.83. The smallest absolute Gasteiger partial charge is 0.407 e. The Morgan fingerprint density at radius 1 is 0.943 bits per heavy atom. The van der Waals surface area contributed by atoms with Gasteiger partial charge in [0.15, 0.2) is 0 Å². The lowest BCUT2D eigenvalue weighted by molar-refractivity contribution is -0.145. The van der Waals surface area contributed by atoms with Gasteiger partial charge >= 0.3 is 6.09 Å². The fraction of sp³-hybridized carbons (Fsp3) is 0.667. The van der Waals surface area contributed by atoms with Crippen LogP contribution in [0.25, 0.3) is 0 Å². The van der Waals surface area contributed by atoms with Crippen LogP contribution in [0.5, 0.6) is 0 Å². The average molecular weight is 739 g/mol. The number of hydrogen-bond donors (Lipinski definition) is 4. The highest BCUT2D eigenvalue weighted by atomic mass is 16.5. The van der Waals surface area contributed by atoms with E-state index in [0.717, 1.165) is 32.1 Å². The van der Waals surface area contributed by atoms with Gasteiger partial charge in [0, 0.05) is 20.6 Å². The highest BCUT2D eigenvalue weighted by Gasteiger charge is 2.69. The van der Waals surface area contributed by atoms with Crippen LogP contribution in [-0.4, -0.2) is 103 Å². The van der Waals surface area contributed by atoms with Crippen molar-refractivity contribution in [2.24, 2.45) is 29.1 Å². The van der Waals surface area contributed by atoms with E-state index in [4.69, 9.17) is 4.74 Å². The van der Waals surface area contributed by atoms with Crippen molar-refractivity contribution in [3.63, 3.8) is 0 Å². The van der Waals surface area contributed by atoms with E-state index in [0.29, 0.717) is 18.5 Å². The molecule has 4 rings (SSSR count). The predicted molar refractivity (Wildman–Crippen MR) is 197 cm³/mol. The molecule has 0 spiro atoms. The number of fused-ring (bicyclic) bond motifs is 1. The van der Waals surface area contributed by atoms with Crippen LogP contribution in [0.1, 0.15) is 91.2 Å². The van der Waals surface area contributed by atoms with Crippen molar-refractivity contribution >= 4 is 41.4 Å². The summed E-state index contributed by atoms with van der Waals surface area (Å²) in [6.45, 7) is 9.73. The van der Waals surface area contributed by atoms with Gasteiger partial charge in [0.2, 0.25) is 29.4 Å². The van der Waals surface area contributed by atoms with E-state index in [2.05, 4.69) is 21.3 Å². The number of hydrogen-bond acceptors (Lipinski definition) is 8. The van der Waals surface area contributed by atoms with Crippen molar-refractivity contribution < 1.29 is 38.3 Å². The fourth-order valence-corrected chi connectivity index (χ4v) is 7.88. The molecule has 4 N–H and O–H groups in total. The Balaban J connectivity index is 1.44. The van der Waals surface area contributed by atoms with Crippen molar-refractivity contribution in [2.75, 3.05) is 33.8 Å². The Morgan fingerprint density at radius 3 is 2.21 bits per heavy atom. The number of likely N-dealkylation sites (tertiary alicyclic amines) is 1. The summed E-state index contributed by atoms with van der Waals surface area (Å²) in [6, 6.07) is 4.71. The van der Waals surface area contributed by atoms with E-state index >= 15 is 0 Å².